The second kappa shape index (κ2) is 5.28. The van der Waals surface area contributed by atoms with Gasteiger partial charge >= 0.3 is 0 Å². The molecule has 1 aromatic carbocycles. The Morgan fingerprint density at radius 1 is 1.26 bits per heavy atom. The van der Waals surface area contributed by atoms with Crippen molar-refractivity contribution in [2.24, 2.45) is 0 Å². The molecule has 0 spiro atoms. The zero-order chi connectivity index (χ0) is 13.1. The number of benzene rings is 1. The number of fused-ring (bicyclic) bond motifs is 1. The lowest BCUT2D eigenvalue weighted by molar-refractivity contribution is 0.0928. The van der Waals surface area contributed by atoms with E-state index >= 15 is 0 Å². The van der Waals surface area contributed by atoms with E-state index in [0.717, 1.165) is 17.4 Å². The van der Waals surface area contributed by atoms with Gasteiger partial charge in [-0.05, 0) is 40.9 Å². The summed E-state index contributed by atoms with van der Waals surface area (Å²) in [6.07, 6.45) is 0.843. The van der Waals surface area contributed by atoms with E-state index in [9.17, 15) is 4.79 Å². The van der Waals surface area contributed by atoms with Gasteiger partial charge in [0, 0.05) is 11.9 Å². The third kappa shape index (κ3) is 2.69. The molecule has 96 valence electrons. The molecule has 0 aliphatic carbocycles. The highest BCUT2D eigenvalue weighted by Gasteiger charge is 2.11. The van der Waals surface area contributed by atoms with Crippen LogP contribution in [0.2, 0.25) is 0 Å². The number of hydrogen-bond acceptors (Lipinski definition) is 3. The van der Waals surface area contributed by atoms with Gasteiger partial charge in [-0.15, -0.1) is 0 Å². The van der Waals surface area contributed by atoms with E-state index in [1.54, 1.807) is 17.4 Å². The maximum atomic E-state index is 11.9. The first kappa shape index (κ1) is 12.0. The van der Waals surface area contributed by atoms with E-state index in [2.05, 4.69) is 16.8 Å². The molecule has 0 atom stereocenters. The molecular formula is C15H13NO2S. The maximum absolute atomic E-state index is 11.9. The average Bonchev–Trinajstić information content (AvgIpc) is 3.07. The highest BCUT2D eigenvalue weighted by Crippen LogP contribution is 2.18. The first-order chi connectivity index (χ1) is 9.33. The van der Waals surface area contributed by atoms with E-state index < -0.39 is 0 Å². The van der Waals surface area contributed by atoms with Crippen molar-refractivity contribution in [2.45, 2.75) is 6.42 Å². The average molecular weight is 271 g/mol. The summed E-state index contributed by atoms with van der Waals surface area (Å²) in [4.78, 5) is 11.9. The molecule has 0 bridgehead atoms. The Hall–Kier alpha value is -2.07. The summed E-state index contributed by atoms with van der Waals surface area (Å²) in [6.45, 7) is 0.618. The van der Waals surface area contributed by atoms with Gasteiger partial charge in [0.1, 0.15) is 5.58 Å². The predicted molar refractivity (Wildman–Crippen MR) is 76.6 cm³/mol. The Morgan fingerprint density at radius 3 is 2.95 bits per heavy atom. The van der Waals surface area contributed by atoms with Gasteiger partial charge in [-0.3, -0.25) is 4.79 Å². The fourth-order valence-corrected chi connectivity index (χ4v) is 2.64. The first-order valence-electron chi connectivity index (χ1n) is 6.11. The van der Waals surface area contributed by atoms with Gasteiger partial charge in [-0.25, -0.2) is 0 Å². The van der Waals surface area contributed by atoms with Crippen LogP contribution >= 0.6 is 11.3 Å². The molecule has 0 saturated carbocycles. The number of thiophene rings is 1. The first-order valence-corrected chi connectivity index (χ1v) is 7.05. The van der Waals surface area contributed by atoms with Crippen LogP contribution in [0.5, 0.6) is 0 Å². The van der Waals surface area contributed by atoms with E-state index in [0.29, 0.717) is 12.3 Å². The number of para-hydroxylation sites is 1. The molecule has 2 aromatic heterocycles. The van der Waals surface area contributed by atoms with Crippen molar-refractivity contribution in [3.8, 4) is 0 Å². The van der Waals surface area contributed by atoms with Crippen LogP contribution in [-0.4, -0.2) is 12.5 Å². The third-order valence-corrected chi connectivity index (χ3v) is 3.66. The molecule has 1 amide bonds. The third-order valence-electron chi connectivity index (χ3n) is 2.93. The molecule has 0 aliphatic rings. The maximum Gasteiger partial charge on any atom is 0.287 e. The molecule has 0 fully saturated rings. The number of carbonyl (C=O) groups is 1. The van der Waals surface area contributed by atoms with Crippen LogP contribution in [0.25, 0.3) is 11.0 Å². The molecule has 0 aliphatic heterocycles. The number of nitrogens with one attached hydrogen (secondary N) is 1. The van der Waals surface area contributed by atoms with Crippen molar-refractivity contribution < 1.29 is 9.21 Å². The standard InChI is InChI=1S/C15H13NO2S/c17-15(16-7-5-11-6-8-19-10-11)14-9-12-3-1-2-4-13(12)18-14/h1-4,6,8-10H,5,7H2,(H,16,17). The summed E-state index contributed by atoms with van der Waals surface area (Å²) >= 11 is 1.67. The smallest absolute Gasteiger partial charge is 0.287 e. The SMILES string of the molecule is O=C(NCCc1ccsc1)c1cc2ccccc2o1. The summed E-state index contributed by atoms with van der Waals surface area (Å²) in [6, 6.07) is 11.5. The van der Waals surface area contributed by atoms with E-state index in [1.807, 2.05) is 29.6 Å². The number of hydrogen-bond donors (Lipinski definition) is 1. The number of rotatable bonds is 4. The van der Waals surface area contributed by atoms with Crippen LogP contribution < -0.4 is 5.32 Å². The number of furan rings is 1. The zero-order valence-corrected chi connectivity index (χ0v) is 11.1. The van der Waals surface area contributed by atoms with Gasteiger partial charge in [0.2, 0.25) is 0 Å². The van der Waals surface area contributed by atoms with Crippen molar-refractivity contribution in [1.82, 2.24) is 5.32 Å². The van der Waals surface area contributed by atoms with Gasteiger partial charge < -0.3 is 9.73 Å². The van der Waals surface area contributed by atoms with Crippen molar-refractivity contribution in [3.63, 3.8) is 0 Å². The number of carbonyl (C=O) groups excluding carboxylic acids is 1. The van der Waals surface area contributed by atoms with E-state index in [-0.39, 0.29) is 5.91 Å². The molecule has 19 heavy (non-hydrogen) atoms. The van der Waals surface area contributed by atoms with Crippen molar-refractivity contribution in [3.05, 3.63) is 58.5 Å². The van der Waals surface area contributed by atoms with Crippen LogP contribution in [-0.2, 0) is 6.42 Å². The van der Waals surface area contributed by atoms with Gasteiger partial charge in [0.15, 0.2) is 5.76 Å². The zero-order valence-electron chi connectivity index (χ0n) is 10.3. The van der Waals surface area contributed by atoms with Gasteiger partial charge in [0.05, 0.1) is 0 Å². The largest absolute Gasteiger partial charge is 0.451 e. The van der Waals surface area contributed by atoms with Gasteiger partial charge in [-0.1, -0.05) is 18.2 Å². The molecule has 0 saturated heterocycles. The fourth-order valence-electron chi connectivity index (χ4n) is 1.94. The number of amides is 1. The Bertz CT molecular complexity index is 652. The van der Waals surface area contributed by atoms with Crippen LogP contribution in [0.3, 0.4) is 0 Å². The highest BCUT2D eigenvalue weighted by atomic mass is 32.1. The Balaban J connectivity index is 1.63. The molecule has 3 nitrogen and oxygen atoms in total. The quantitative estimate of drug-likeness (QED) is 0.789. The molecule has 3 aromatic rings. The lowest BCUT2D eigenvalue weighted by Crippen LogP contribution is -2.25. The second-order valence-electron chi connectivity index (χ2n) is 4.29. The Labute approximate surface area is 114 Å². The van der Waals surface area contributed by atoms with Gasteiger partial charge in [-0.2, -0.15) is 11.3 Å². The summed E-state index contributed by atoms with van der Waals surface area (Å²) < 4.78 is 5.51. The summed E-state index contributed by atoms with van der Waals surface area (Å²) in [5, 5.41) is 7.95. The Kier molecular flexibility index (Phi) is 3.33. The van der Waals surface area contributed by atoms with Gasteiger partial charge in [0.25, 0.3) is 5.91 Å². The fraction of sp³-hybridized carbons (Fsp3) is 0.133. The summed E-state index contributed by atoms with van der Waals surface area (Å²) in [5.74, 6) is 0.206. The Morgan fingerprint density at radius 2 is 2.16 bits per heavy atom. The monoisotopic (exact) mass is 271 g/mol. The molecular weight excluding hydrogens is 258 g/mol. The normalized spacial score (nSPS) is 10.7. The minimum absolute atomic E-state index is 0.161. The van der Waals surface area contributed by atoms with Crippen LogP contribution in [0.4, 0.5) is 0 Å². The van der Waals surface area contributed by atoms with E-state index in [4.69, 9.17) is 4.42 Å². The molecule has 2 heterocycles. The second-order valence-corrected chi connectivity index (χ2v) is 5.07. The molecule has 1 N–H and O–H groups in total. The molecule has 0 radical (unpaired) electrons. The predicted octanol–water partition coefficient (Wildman–Crippen LogP) is 3.47. The lowest BCUT2D eigenvalue weighted by atomic mass is 10.2. The van der Waals surface area contributed by atoms with Crippen LogP contribution in [0.15, 0.2) is 51.6 Å². The van der Waals surface area contributed by atoms with Crippen molar-refractivity contribution in [2.75, 3.05) is 6.54 Å². The lowest BCUT2D eigenvalue weighted by Gasteiger charge is -2.01. The highest BCUT2D eigenvalue weighted by molar-refractivity contribution is 7.07. The topological polar surface area (TPSA) is 42.2 Å². The summed E-state index contributed by atoms with van der Waals surface area (Å²) in [5.41, 5.74) is 1.99. The van der Waals surface area contributed by atoms with Crippen LogP contribution in [0, 0.1) is 0 Å². The molecule has 4 heteroatoms. The minimum atomic E-state index is -0.161. The minimum Gasteiger partial charge on any atom is -0.451 e. The van der Waals surface area contributed by atoms with Crippen molar-refractivity contribution in [1.29, 1.82) is 0 Å². The summed E-state index contributed by atoms with van der Waals surface area (Å²) in [7, 11) is 0. The van der Waals surface area contributed by atoms with Crippen molar-refractivity contribution >= 4 is 28.2 Å². The van der Waals surface area contributed by atoms with E-state index in [1.165, 1.54) is 5.56 Å². The van der Waals surface area contributed by atoms with Crippen LogP contribution in [0.1, 0.15) is 16.1 Å². The molecule has 3 rings (SSSR count). The molecule has 0 unspecified atom stereocenters.